The maximum atomic E-state index is 11.4. The normalized spacial score (nSPS) is 10.8. The second kappa shape index (κ2) is 6.13. The highest BCUT2D eigenvalue weighted by molar-refractivity contribution is 9.10. The first-order chi connectivity index (χ1) is 10.2. The molecule has 3 aromatic rings. The van der Waals surface area contributed by atoms with Crippen molar-refractivity contribution in [3.05, 3.63) is 46.9 Å². The zero-order valence-corrected chi connectivity index (χ0v) is 13.9. The van der Waals surface area contributed by atoms with Gasteiger partial charge in [-0.2, -0.15) is 0 Å². The second-order valence-electron chi connectivity index (χ2n) is 4.36. The van der Waals surface area contributed by atoms with E-state index in [-0.39, 0.29) is 11.8 Å². The number of fused-ring (bicyclic) bond motifs is 1. The van der Waals surface area contributed by atoms with Gasteiger partial charge in [0.15, 0.2) is 0 Å². The van der Waals surface area contributed by atoms with Crippen molar-refractivity contribution in [3.63, 3.8) is 0 Å². The Hall–Kier alpha value is -1.43. The summed E-state index contributed by atoms with van der Waals surface area (Å²) in [5, 5.41) is 3.68. The molecule has 1 heterocycles. The van der Waals surface area contributed by atoms with Crippen LogP contribution in [0.2, 0.25) is 0 Å². The molecule has 0 spiro atoms. The van der Waals surface area contributed by atoms with E-state index in [0.717, 1.165) is 25.3 Å². The molecule has 0 bridgehead atoms. The van der Waals surface area contributed by atoms with Gasteiger partial charge in [-0.05, 0) is 40.2 Å². The first kappa shape index (κ1) is 14.5. The Balaban J connectivity index is 2.02. The Morgan fingerprint density at radius 1 is 1.29 bits per heavy atom. The Kier molecular flexibility index (Phi) is 4.24. The number of hydrogen-bond acceptors (Lipinski definition) is 3. The van der Waals surface area contributed by atoms with Gasteiger partial charge in [0.2, 0.25) is 5.91 Å². The molecule has 1 amide bonds. The van der Waals surface area contributed by atoms with Crippen molar-refractivity contribution in [1.82, 2.24) is 4.98 Å². The van der Waals surface area contributed by atoms with E-state index in [0.29, 0.717) is 5.69 Å². The Labute approximate surface area is 139 Å². The molecular weight excluding hydrogens is 372 g/mol. The van der Waals surface area contributed by atoms with Gasteiger partial charge in [-0.3, -0.25) is 4.79 Å². The van der Waals surface area contributed by atoms with Crippen LogP contribution in [0.3, 0.4) is 0 Å². The number of hydrogen-bond donors (Lipinski definition) is 1. The quantitative estimate of drug-likeness (QED) is 0.655. The molecule has 0 radical (unpaired) electrons. The van der Waals surface area contributed by atoms with Gasteiger partial charge < -0.3 is 5.32 Å². The lowest BCUT2D eigenvalue weighted by Crippen LogP contribution is -2.12. The summed E-state index contributed by atoms with van der Waals surface area (Å²) in [6.45, 7) is 0. The van der Waals surface area contributed by atoms with Crippen LogP contribution >= 0.6 is 38.9 Å². The predicted molar refractivity (Wildman–Crippen MR) is 92.1 cm³/mol. The van der Waals surface area contributed by atoms with E-state index >= 15 is 0 Å². The minimum Gasteiger partial charge on any atom is -0.324 e. The number of anilines is 1. The van der Waals surface area contributed by atoms with Gasteiger partial charge in [0.1, 0.15) is 10.9 Å². The van der Waals surface area contributed by atoms with E-state index in [2.05, 4.69) is 26.2 Å². The summed E-state index contributed by atoms with van der Waals surface area (Å²) in [4.78, 5) is 16.1. The summed E-state index contributed by atoms with van der Waals surface area (Å²) in [6, 6.07) is 13.8. The van der Waals surface area contributed by atoms with Crippen molar-refractivity contribution in [2.45, 2.75) is 0 Å². The van der Waals surface area contributed by atoms with Gasteiger partial charge in [0, 0.05) is 10.0 Å². The molecule has 0 unspecified atom stereocenters. The topological polar surface area (TPSA) is 42.0 Å². The third kappa shape index (κ3) is 3.10. The molecule has 0 atom stereocenters. The Morgan fingerprint density at radius 2 is 2.10 bits per heavy atom. The highest BCUT2D eigenvalue weighted by atomic mass is 79.9. The predicted octanol–water partition coefficient (Wildman–Crippen LogP) is 4.90. The fourth-order valence-electron chi connectivity index (χ4n) is 1.93. The Morgan fingerprint density at radius 3 is 2.86 bits per heavy atom. The summed E-state index contributed by atoms with van der Waals surface area (Å²) in [5.41, 5.74) is 2.63. The zero-order valence-electron chi connectivity index (χ0n) is 10.8. The van der Waals surface area contributed by atoms with Crippen LogP contribution in [-0.4, -0.2) is 16.8 Å². The fraction of sp³-hybridized carbons (Fsp3) is 0.0667. The van der Waals surface area contributed by atoms with Crippen LogP contribution in [0.25, 0.3) is 20.8 Å². The number of para-hydroxylation sites is 1. The molecule has 0 fully saturated rings. The van der Waals surface area contributed by atoms with E-state index in [1.165, 1.54) is 0 Å². The molecule has 6 heteroatoms. The van der Waals surface area contributed by atoms with E-state index in [9.17, 15) is 4.79 Å². The standard InChI is InChI=1S/C15H10BrClN2OS/c16-10-6-5-9(7-12(10)18-14(20)8-17)15-19-11-3-1-2-4-13(11)21-15/h1-7H,8H2,(H,18,20). The highest BCUT2D eigenvalue weighted by Gasteiger charge is 2.10. The van der Waals surface area contributed by atoms with Crippen molar-refractivity contribution >= 4 is 60.7 Å². The van der Waals surface area contributed by atoms with Crippen LogP contribution < -0.4 is 5.32 Å². The molecule has 2 aromatic carbocycles. The third-order valence-electron chi connectivity index (χ3n) is 2.90. The van der Waals surface area contributed by atoms with Crippen molar-refractivity contribution in [2.24, 2.45) is 0 Å². The summed E-state index contributed by atoms with van der Waals surface area (Å²) in [7, 11) is 0. The lowest BCUT2D eigenvalue weighted by Gasteiger charge is -2.07. The fourth-order valence-corrected chi connectivity index (χ4v) is 3.31. The number of halogens is 2. The maximum absolute atomic E-state index is 11.4. The lowest BCUT2D eigenvalue weighted by atomic mass is 10.2. The Bertz CT molecular complexity index is 785. The number of thiazole rings is 1. The minimum atomic E-state index is -0.237. The molecule has 0 aliphatic carbocycles. The monoisotopic (exact) mass is 380 g/mol. The average Bonchev–Trinajstić information content (AvgIpc) is 2.93. The summed E-state index contributed by atoms with van der Waals surface area (Å²) < 4.78 is 1.95. The number of nitrogens with one attached hydrogen (secondary N) is 1. The molecular formula is C15H10BrClN2OS. The molecule has 21 heavy (non-hydrogen) atoms. The van der Waals surface area contributed by atoms with Gasteiger partial charge >= 0.3 is 0 Å². The van der Waals surface area contributed by atoms with Crippen LogP contribution in [0.15, 0.2) is 46.9 Å². The van der Waals surface area contributed by atoms with E-state index in [1.54, 1.807) is 11.3 Å². The van der Waals surface area contributed by atoms with Gasteiger partial charge in [0.25, 0.3) is 0 Å². The largest absolute Gasteiger partial charge is 0.324 e. The maximum Gasteiger partial charge on any atom is 0.239 e. The van der Waals surface area contributed by atoms with Gasteiger partial charge in [-0.1, -0.05) is 18.2 Å². The second-order valence-corrected chi connectivity index (χ2v) is 6.52. The number of amides is 1. The van der Waals surface area contributed by atoms with Crippen molar-refractivity contribution in [2.75, 3.05) is 11.2 Å². The smallest absolute Gasteiger partial charge is 0.239 e. The number of carbonyl (C=O) groups excluding carboxylic acids is 1. The number of nitrogens with zero attached hydrogens (tertiary/aromatic N) is 1. The van der Waals surface area contributed by atoms with Gasteiger partial charge in [-0.15, -0.1) is 22.9 Å². The minimum absolute atomic E-state index is 0.0716. The first-order valence-electron chi connectivity index (χ1n) is 6.18. The number of rotatable bonds is 3. The van der Waals surface area contributed by atoms with Gasteiger partial charge in [-0.25, -0.2) is 4.98 Å². The molecule has 0 saturated heterocycles. The summed E-state index contributed by atoms with van der Waals surface area (Å²) in [5.74, 6) is -0.309. The molecule has 1 aromatic heterocycles. The van der Waals surface area contributed by atoms with Crippen LogP contribution in [0.5, 0.6) is 0 Å². The molecule has 106 valence electrons. The zero-order chi connectivity index (χ0) is 14.8. The highest BCUT2D eigenvalue weighted by Crippen LogP contribution is 2.33. The SMILES string of the molecule is O=C(CCl)Nc1cc(-c2nc3ccccc3s2)ccc1Br. The average molecular weight is 382 g/mol. The summed E-state index contributed by atoms with van der Waals surface area (Å²) >= 11 is 10.6. The van der Waals surface area contributed by atoms with Crippen LogP contribution in [0.4, 0.5) is 5.69 Å². The number of aromatic nitrogens is 1. The third-order valence-corrected chi connectivity index (χ3v) is 4.92. The van der Waals surface area contributed by atoms with E-state index in [1.807, 2.05) is 42.5 Å². The molecule has 1 N–H and O–H groups in total. The van der Waals surface area contributed by atoms with Crippen molar-refractivity contribution < 1.29 is 4.79 Å². The van der Waals surface area contributed by atoms with Crippen molar-refractivity contribution in [1.29, 1.82) is 0 Å². The number of carbonyl (C=O) groups is 1. The first-order valence-corrected chi connectivity index (χ1v) is 8.33. The number of alkyl halides is 1. The molecule has 0 saturated carbocycles. The number of benzene rings is 2. The van der Waals surface area contributed by atoms with Crippen LogP contribution in [0.1, 0.15) is 0 Å². The van der Waals surface area contributed by atoms with E-state index < -0.39 is 0 Å². The molecule has 0 aliphatic rings. The van der Waals surface area contributed by atoms with Crippen molar-refractivity contribution in [3.8, 4) is 10.6 Å². The molecule has 3 rings (SSSR count). The van der Waals surface area contributed by atoms with Gasteiger partial charge in [0.05, 0.1) is 15.9 Å². The van der Waals surface area contributed by atoms with Crippen LogP contribution in [0, 0.1) is 0 Å². The summed E-state index contributed by atoms with van der Waals surface area (Å²) in [6.07, 6.45) is 0. The lowest BCUT2D eigenvalue weighted by molar-refractivity contribution is -0.113. The molecule has 3 nitrogen and oxygen atoms in total. The van der Waals surface area contributed by atoms with E-state index in [4.69, 9.17) is 11.6 Å². The van der Waals surface area contributed by atoms with Crippen LogP contribution in [-0.2, 0) is 4.79 Å². The molecule has 0 aliphatic heterocycles.